The number of nitrogens with one attached hydrogen (secondary N) is 1. The molecule has 1 amide bonds. The molecule has 0 fully saturated rings. The van der Waals surface area contributed by atoms with Gasteiger partial charge in [-0.15, -0.1) is 0 Å². The van der Waals surface area contributed by atoms with Crippen LogP contribution in [0.5, 0.6) is 11.5 Å². The van der Waals surface area contributed by atoms with Gasteiger partial charge >= 0.3 is 0 Å². The van der Waals surface area contributed by atoms with Crippen molar-refractivity contribution in [3.05, 3.63) is 105 Å². The summed E-state index contributed by atoms with van der Waals surface area (Å²) in [5, 5.41) is 24.0. The molecule has 0 radical (unpaired) electrons. The molecule has 0 aliphatic heterocycles. The van der Waals surface area contributed by atoms with Crippen molar-refractivity contribution in [3.8, 4) is 17.6 Å². The number of methoxy groups -OCH3 is 1. The van der Waals surface area contributed by atoms with E-state index in [1.54, 1.807) is 6.92 Å². The van der Waals surface area contributed by atoms with Crippen molar-refractivity contribution >= 4 is 17.7 Å². The third-order valence-electron chi connectivity index (χ3n) is 5.06. The van der Waals surface area contributed by atoms with Crippen molar-refractivity contribution in [1.82, 2.24) is 5.32 Å². The minimum atomic E-state index is -0.642. The van der Waals surface area contributed by atoms with E-state index in [1.807, 2.05) is 66.7 Å². The van der Waals surface area contributed by atoms with Gasteiger partial charge in [-0.2, -0.15) is 5.26 Å². The van der Waals surface area contributed by atoms with Crippen LogP contribution in [0.1, 0.15) is 29.7 Å². The summed E-state index contributed by atoms with van der Waals surface area (Å²) < 4.78 is 11.1. The van der Waals surface area contributed by atoms with Gasteiger partial charge in [0.05, 0.1) is 29.7 Å². The average Bonchev–Trinajstić information content (AvgIpc) is 2.86. The molecule has 8 nitrogen and oxygen atoms in total. The normalized spacial score (nSPS) is 11.7. The van der Waals surface area contributed by atoms with Crippen LogP contribution >= 0.6 is 0 Å². The zero-order valence-electron chi connectivity index (χ0n) is 18.7. The summed E-state index contributed by atoms with van der Waals surface area (Å²) in [6, 6.07) is 22.7. The second-order valence-electron chi connectivity index (χ2n) is 7.37. The molecule has 0 aliphatic carbocycles. The lowest BCUT2D eigenvalue weighted by Crippen LogP contribution is -2.27. The fourth-order valence-corrected chi connectivity index (χ4v) is 3.25. The molecular weight excluding hydrogens is 434 g/mol. The summed E-state index contributed by atoms with van der Waals surface area (Å²) in [6.07, 6.45) is 1.18. The Labute approximate surface area is 197 Å². The molecule has 0 spiro atoms. The van der Waals surface area contributed by atoms with Crippen LogP contribution in [-0.2, 0) is 11.4 Å². The number of nitriles is 1. The molecule has 3 rings (SSSR count). The van der Waals surface area contributed by atoms with Gasteiger partial charge in [-0.3, -0.25) is 14.9 Å². The Morgan fingerprint density at radius 1 is 1.12 bits per heavy atom. The SMILES string of the molecule is COc1cc(/C=C(/C#N)C(=O)N[C@H](C)c2ccccc2)c([N+](=O)[O-])cc1OCc1ccccc1. The average molecular weight is 457 g/mol. The highest BCUT2D eigenvalue weighted by Crippen LogP contribution is 2.36. The highest BCUT2D eigenvalue weighted by molar-refractivity contribution is 6.02. The van der Waals surface area contributed by atoms with Gasteiger partial charge in [0.1, 0.15) is 18.2 Å². The van der Waals surface area contributed by atoms with Crippen LogP contribution in [0.4, 0.5) is 5.69 Å². The number of carbonyl (C=O) groups is 1. The van der Waals surface area contributed by atoms with Gasteiger partial charge in [0.15, 0.2) is 11.5 Å². The monoisotopic (exact) mass is 457 g/mol. The van der Waals surface area contributed by atoms with Crippen molar-refractivity contribution in [2.24, 2.45) is 0 Å². The van der Waals surface area contributed by atoms with Gasteiger partial charge in [-0.25, -0.2) is 0 Å². The van der Waals surface area contributed by atoms with Crippen LogP contribution in [0.2, 0.25) is 0 Å². The van der Waals surface area contributed by atoms with Crippen molar-refractivity contribution < 1.29 is 19.2 Å². The molecule has 0 saturated heterocycles. The predicted octanol–water partition coefficient (Wildman–Crippen LogP) is 4.97. The molecule has 1 atom stereocenters. The number of ether oxygens (including phenoxy) is 2. The number of carbonyl (C=O) groups excluding carboxylic acids is 1. The molecule has 0 saturated carbocycles. The zero-order chi connectivity index (χ0) is 24.5. The van der Waals surface area contributed by atoms with E-state index in [4.69, 9.17) is 9.47 Å². The summed E-state index contributed by atoms with van der Waals surface area (Å²) in [5.74, 6) is -0.226. The minimum absolute atomic E-state index is 0.0491. The Hall–Kier alpha value is -4.64. The number of hydrogen-bond acceptors (Lipinski definition) is 6. The van der Waals surface area contributed by atoms with Gasteiger partial charge in [0, 0.05) is 0 Å². The molecule has 3 aromatic rings. The van der Waals surface area contributed by atoms with Crippen molar-refractivity contribution in [2.45, 2.75) is 19.6 Å². The quantitative estimate of drug-likeness (QED) is 0.210. The molecule has 172 valence electrons. The lowest BCUT2D eigenvalue weighted by atomic mass is 10.1. The van der Waals surface area contributed by atoms with Crippen molar-refractivity contribution in [1.29, 1.82) is 5.26 Å². The zero-order valence-corrected chi connectivity index (χ0v) is 18.7. The lowest BCUT2D eigenvalue weighted by molar-refractivity contribution is -0.385. The fourth-order valence-electron chi connectivity index (χ4n) is 3.25. The van der Waals surface area contributed by atoms with E-state index in [2.05, 4.69) is 5.32 Å². The molecule has 0 aromatic heterocycles. The molecule has 0 bridgehead atoms. The summed E-state index contributed by atoms with van der Waals surface area (Å²) in [7, 11) is 1.41. The van der Waals surface area contributed by atoms with Crippen LogP contribution in [0.15, 0.2) is 78.4 Å². The Balaban J connectivity index is 1.89. The maximum atomic E-state index is 12.7. The first-order valence-corrected chi connectivity index (χ1v) is 10.4. The fraction of sp³-hybridized carbons (Fsp3) is 0.154. The first kappa shape index (κ1) is 24.0. The highest BCUT2D eigenvalue weighted by Gasteiger charge is 2.21. The maximum absolute atomic E-state index is 12.7. The lowest BCUT2D eigenvalue weighted by Gasteiger charge is -2.14. The first-order valence-electron chi connectivity index (χ1n) is 10.4. The van der Waals surface area contributed by atoms with Gasteiger partial charge < -0.3 is 14.8 Å². The van der Waals surface area contributed by atoms with Gasteiger partial charge in [-0.1, -0.05) is 60.7 Å². The van der Waals surface area contributed by atoms with Crippen LogP contribution in [0.25, 0.3) is 6.08 Å². The molecule has 0 unspecified atom stereocenters. The van der Waals surface area contributed by atoms with E-state index >= 15 is 0 Å². The van der Waals surface area contributed by atoms with Crippen LogP contribution in [-0.4, -0.2) is 17.9 Å². The Morgan fingerprint density at radius 2 is 1.76 bits per heavy atom. The summed E-state index contributed by atoms with van der Waals surface area (Å²) in [4.78, 5) is 23.8. The largest absolute Gasteiger partial charge is 0.493 e. The van der Waals surface area contributed by atoms with E-state index in [0.29, 0.717) is 0 Å². The molecule has 1 N–H and O–H groups in total. The standard InChI is InChI=1S/C26H23N3O5/c1-18(20-11-7-4-8-12-20)28-26(30)22(16-27)13-21-14-24(33-2)25(15-23(21)29(31)32)34-17-19-9-5-3-6-10-19/h3-15,18H,17H2,1-2H3,(H,28,30)/b22-13-/t18-/m1/s1. The molecule has 34 heavy (non-hydrogen) atoms. The van der Waals surface area contributed by atoms with Crippen LogP contribution < -0.4 is 14.8 Å². The number of amides is 1. The molecule has 0 aliphatic rings. The van der Waals surface area contributed by atoms with Crippen LogP contribution in [0, 0.1) is 21.4 Å². The maximum Gasteiger partial charge on any atom is 0.280 e. The van der Waals surface area contributed by atoms with Gasteiger partial charge in [0.25, 0.3) is 11.6 Å². The van der Waals surface area contributed by atoms with E-state index in [1.165, 1.54) is 25.3 Å². The number of hydrogen-bond donors (Lipinski definition) is 1. The van der Waals surface area contributed by atoms with E-state index in [0.717, 1.165) is 11.1 Å². The Kier molecular flexibility index (Phi) is 7.97. The Morgan fingerprint density at radius 3 is 2.35 bits per heavy atom. The van der Waals surface area contributed by atoms with Crippen molar-refractivity contribution in [3.63, 3.8) is 0 Å². The predicted molar refractivity (Wildman–Crippen MR) is 127 cm³/mol. The van der Waals surface area contributed by atoms with E-state index < -0.39 is 10.8 Å². The molecular formula is C26H23N3O5. The van der Waals surface area contributed by atoms with Crippen molar-refractivity contribution in [2.75, 3.05) is 7.11 Å². The van der Waals surface area contributed by atoms with Gasteiger partial charge in [-0.05, 0) is 30.2 Å². The number of rotatable bonds is 9. The number of nitro groups is 1. The van der Waals surface area contributed by atoms with Crippen LogP contribution in [0.3, 0.4) is 0 Å². The second kappa shape index (κ2) is 11.3. The Bertz CT molecular complexity index is 1230. The minimum Gasteiger partial charge on any atom is -0.493 e. The topological polar surface area (TPSA) is 114 Å². The molecule has 8 heteroatoms. The van der Waals surface area contributed by atoms with E-state index in [-0.39, 0.29) is 41.0 Å². The summed E-state index contributed by atoms with van der Waals surface area (Å²) >= 11 is 0. The van der Waals surface area contributed by atoms with Gasteiger partial charge in [0.2, 0.25) is 0 Å². The smallest absolute Gasteiger partial charge is 0.280 e. The highest BCUT2D eigenvalue weighted by atomic mass is 16.6. The summed E-state index contributed by atoms with van der Waals surface area (Å²) in [6.45, 7) is 1.97. The molecule has 3 aromatic carbocycles. The second-order valence-corrected chi connectivity index (χ2v) is 7.37. The third kappa shape index (κ3) is 5.99. The molecule has 0 heterocycles. The number of nitro benzene ring substituents is 1. The van der Waals surface area contributed by atoms with E-state index in [9.17, 15) is 20.2 Å². The third-order valence-corrected chi connectivity index (χ3v) is 5.06. The summed E-state index contributed by atoms with van der Waals surface area (Å²) in [5.41, 5.74) is 1.20. The number of nitrogens with zero attached hydrogens (tertiary/aromatic N) is 2. The first-order chi connectivity index (χ1) is 16.4. The number of benzene rings is 3.